The second-order valence-corrected chi connectivity index (χ2v) is 5.05. The van der Waals surface area contributed by atoms with Crippen LogP contribution in [0.25, 0.3) is 0 Å². The number of hydrogen-bond donors (Lipinski definition) is 1. The van der Waals surface area contributed by atoms with Crippen LogP contribution in [0.5, 0.6) is 0 Å². The Bertz CT molecular complexity index is 82.8. The van der Waals surface area contributed by atoms with E-state index in [1.165, 1.54) is 0 Å². The summed E-state index contributed by atoms with van der Waals surface area (Å²) in [4.78, 5) is -0.181. The summed E-state index contributed by atoms with van der Waals surface area (Å²) in [6.45, 7) is 7.52. The zero-order chi connectivity index (χ0) is 8.41. The van der Waals surface area contributed by atoms with Gasteiger partial charge in [-0.1, -0.05) is 0 Å². The molecule has 0 spiro atoms. The van der Waals surface area contributed by atoms with Gasteiger partial charge in [0.15, 0.2) is 0 Å². The molecule has 10 heavy (non-hydrogen) atoms. The third kappa shape index (κ3) is 8.25. The molecule has 0 aromatic rings. The van der Waals surface area contributed by atoms with Gasteiger partial charge in [0.05, 0.1) is 5.60 Å². The molecular formula is C8H17ClO. The first-order chi connectivity index (χ1) is 4.21. The Kier molecular flexibility index (Phi) is 3.18. The van der Waals surface area contributed by atoms with E-state index in [0.717, 1.165) is 12.8 Å². The monoisotopic (exact) mass is 164 g/mol. The molecule has 0 aromatic carbocycles. The zero-order valence-corrected chi connectivity index (χ0v) is 8.00. The predicted molar refractivity (Wildman–Crippen MR) is 45.5 cm³/mol. The van der Waals surface area contributed by atoms with Gasteiger partial charge in [0.25, 0.3) is 0 Å². The topological polar surface area (TPSA) is 20.2 Å². The summed E-state index contributed by atoms with van der Waals surface area (Å²) in [6, 6.07) is 0. The fourth-order valence-corrected chi connectivity index (χ4v) is 0.698. The van der Waals surface area contributed by atoms with Gasteiger partial charge in [-0.05, 0) is 40.5 Å². The Morgan fingerprint density at radius 1 is 1.10 bits per heavy atom. The summed E-state index contributed by atoms with van der Waals surface area (Å²) in [5.41, 5.74) is -0.577. The van der Waals surface area contributed by atoms with E-state index in [2.05, 4.69) is 0 Å². The van der Waals surface area contributed by atoms with Gasteiger partial charge < -0.3 is 5.11 Å². The molecule has 0 atom stereocenters. The van der Waals surface area contributed by atoms with E-state index in [4.69, 9.17) is 11.6 Å². The minimum absolute atomic E-state index is 0.181. The van der Waals surface area contributed by atoms with Gasteiger partial charge in [-0.15, -0.1) is 11.6 Å². The molecule has 0 unspecified atom stereocenters. The summed E-state index contributed by atoms with van der Waals surface area (Å²) in [5, 5.41) is 9.32. The Labute approximate surface area is 68.4 Å². The average Bonchev–Trinajstić information content (AvgIpc) is 1.57. The van der Waals surface area contributed by atoms with Crippen molar-refractivity contribution in [3.63, 3.8) is 0 Å². The standard InChI is InChI=1S/C8H17ClO/c1-7(2,9)5-6-8(3,4)10/h10H,5-6H2,1-4H3. The SMILES string of the molecule is CC(C)(O)CCC(C)(C)Cl. The zero-order valence-electron chi connectivity index (χ0n) is 7.24. The molecule has 0 aliphatic rings. The molecule has 0 bridgehead atoms. The van der Waals surface area contributed by atoms with Crippen molar-refractivity contribution in [3.05, 3.63) is 0 Å². The van der Waals surface area contributed by atoms with Gasteiger partial charge in [-0.2, -0.15) is 0 Å². The summed E-state index contributed by atoms with van der Waals surface area (Å²) in [5.74, 6) is 0. The van der Waals surface area contributed by atoms with Crippen molar-refractivity contribution in [1.82, 2.24) is 0 Å². The number of alkyl halides is 1. The number of aliphatic hydroxyl groups is 1. The Morgan fingerprint density at radius 2 is 1.50 bits per heavy atom. The van der Waals surface area contributed by atoms with Crippen LogP contribution in [0.1, 0.15) is 40.5 Å². The molecule has 0 amide bonds. The van der Waals surface area contributed by atoms with Crippen molar-refractivity contribution in [2.24, 2.45) is 0 Å². The van der Waals surface area contributed by atoms with Crippen molar-refractivity contribution in [2.45, 2.75) is 51.0 Å². The summed E-state index contributed by atoms with van der Waals surface area (Å²) in [6.07, 6.45) is 1.60. The minimum Gasteiger partial charge on any atom is -0.390 e. The van der Waals surface area contributed by atoms with Crippen molar-refractivity contribution < 1.29 is 5.11 Å². The minimum atomic E-state index is -0.577. The van der Waals surface area contributed by atoms with E-state index in [1.54, 1.807) is 13.8 Å². The molecule has 0 heterocycles. The van der Waals surface area contributed by atoms with Crippen LogP contribution in [0.15, 0.2) is 0 Å². The molecule has 62 valence electrons. The molecule has 0 saturated carbocycles. The maximum absolute atomic E-state index is 9.32. The van der Waals surface area contributed by atoms with Crippen LogP contribution in [0.2, 0.25) is 0 Å². The summed E-state index contributed by atoms with van der Waals surface area (Å²) < 4.78 is 0. The lowest BCUT2D eigenvalue weighted by Crippen LogP contribution is -2.22. The van der Waals surface area contributed by atoms with Crippen LogP contribution in [0, 0.1) is 0 Å². The number of rotatable bonds is 3. The molecule has 0 aliphatic heterocycles. The second kappa shape index (κ2) is 3.10. The first-order valence-electron chi connectivity index (χ1n) is 3.62. The first-order valence-corrected chi connectivity index (χ1v) is 4.00. The lowest BCUT2D eigenvalue weighted by molar-refractivity contribution is 0.0662. The fourth-order valence-electron chi connectivity index (χ4n) is 0.603. The molecule has 0 aliphatic carbocycles. The van der Waals surface area contributed by atoms with Gasteiger partial charge in [0.2, 0.25) is 0 Å². The van der Waals surface area contributed by atoms with E-state index in [-0.39, 0.29) is 4.87 Å². The molecule has 0 aromatic heterocycles. The quantitative estimate of drug-likeness (QED) is 0.636. The molecule has 1 nitrogen and oxygen atoms in total. The van der Waals surface area contributed by atoms with Crippen LogP contribution < -0.4 is 0 Å². The lowest BCUT2D eigenvalue weighted by atomic mass is 9.97. The van der Waals surface area contributed by atoms with Crippen LogP contribution >= 0.6 is 11.6 Å². The highest BCUT2D eigenvalue weighted by molar-refractivity contribution is 6.23. The second-order valence-electron chi connectivity index (χ2n) is 4.03. The van der Waals surface area contributed by atoms with Crippen LogP contribution in [0.3, 0.4) is 0 Å². The van der Waals surface area contributed by atoms with E-state index in [0.29, 0.717) is 0 Å². The summed E-state index contributed by atoms with van der Waals surface area (Å²) in [7, 11) is 0. The Balaban J connectivity index is 3.56. The third-order valence-electron chi connectivity index (χ3n) is 1.33. The molecule has 0 saturated heterocycles. The molecule has 0 radical (unpaired) electrons. The molecule has 0 rings (SSSR count). The summed E-state index contributed by atoms with van der Waals surface area (Å²) >= 11 is 5.93. The van der Waals surface area contributed by atoms with Crippen molar-refractivity contribution in [1.29, 1.82) is 0 Å². The van der Waals surface area contributed by atoms with Crippen molar-refractivity contribution in [2.75, 3.05) is 0 Å². The van der Waals surface area contributed by atoms with E-state index in [9.17, 15) is 5.11 Å². The molecular weight excluding hydrogens is 148 g/mol. The van der Waals surface area contributed by atoms with Gasteiger partial charge in [-0.3, -0.25) is 0 Å². The fraction of sp³-hybridized carbons (Fsp3) is 1.00. The Hall–Kier alpha value is 0.250. The normalized spacial score (nSPS) is 13.8. The van der Waals surface area contributed by atoms with E-state index < -0.39 is 5.60 Å². The number of hydrogen-bond acceptors (Lipinski definition) is 1. The van der Waals surface area contributed by atoms with Crippen molar-refractivity contribution in [3.8, 4) is 0 Å². The van der Waals surface area contributed by atoms with Gasteiger partial charge in [-0.25, -0.2) is 0 Å². The molecule has 2 heteroatoms. The van der Waals surface area contributed by atoms with Crippen LogP contribution in [0.4, 0.5) is 0 Å². The highest BCUT2D eigenvalue weighted by Gasteiger charge is 2.19. The number of halogens is 1. The lowest BCUT2D eigenvalue weighted by Gasteiger charge is -2.22. The van der Waals surface area contributed by atoms with Gasteiger partial charge in [0.1, 0.15) is 0 Å². The Morgan fingerprint density at radius 3 is 1.60 bits per heavy atom. The highest BCUT2D eigenvalue weighted by Crippen LogP contribution is 2.23. The largest absolute Gasteiger partial charge is 0.390 e. The molecule has 1 N–H and O–H groups in total. The maximum atomic E-state index is 9.32. The van der Waals surface area contributed by atoms with E-state index in [1.807, 2.05) is 13.8 Å². The van der Waals surface area contributed by atoms with Crippen LogP contribution in [-0.4, -0.2) is 15.6 Å². The van der Waals surface area contributed by atoms with Gasteiger partial charge in [0, 0.05) is 4.87 Å². The predicted octanol–water partition coefficient (Wildman–Crippen LogP) is 2.55. The third-order valence-corrected chi connectivity index (χ3v) is 1.52. The first kappa shape index (κ1) is 10.2. The smallest absolute Gasteiger partial charge is 0.0592 e. The molecule has 0 fully saturated rings. The van der Waals surface area contributed by atoms with Crippen molar-refractivity contribution >= 4 is 11.6 Å². The van der Waals surface area contributed by atoms with E-state index >= 15 is 0 Å². The highest BCUT2D eigenvalue weighted by atomic mass is 35.5. The average molecular weight is 165 g/mol. The maximum Gasteiger partial charge on any atom is 0.0592 e. The van der Waals surface area contributed by atoms with Crippen LogP contribution in [-0.2, 0) is 0 Å². The van der Waals surface area contributed by atoms with Gasteiger partial charge >= 0.3 is 0 Å².